The van der Waals surface area contributed by atoms with E-state index in [4.69, 9.17) is 0 Å². The summed E-state index contributed by atoms with van der Waals surface area (Å²) in [4.78, 5) is 0. The molecule has 0 amide bonds. The fraction of sp³-hybridized carbons (Fsp3) is 0.538. The van der Waals surface area contributed by atoms with Crippen LogP contribution < -0.4 is 10.0 Å². The summed E-state index contributed by atoms with van der Waals surface area (Å²) in [5, 5.41) is 3.42. The van der Waals surface area contributed by atoms with Gasteiger partial charge in [0.1, 0.15) is 0 Å². The Balaban J connectivity index is 1.93. The van der Waals surface area contributed by atoms with Crippen LogP contribution in [0.2, 0.25) is 0 Å². The maximum absolute atomic E-state index is 11.3. The van der Waals surface area contributed by atoms with Gasteiger partial charge in [-0.1, -0.05) is 19.1 Å². The van der Waals surface area contributed by atoms with E-state index >= 15 is 0 Å². The lowest BCUT2D eigenvalue weighted by Gasteiger charge is -2.15. The van der Waals surface area contributed by atoms with E-state index in [9.17, 15) is 8.42 Å². The van der Waals surface area contributed by atoms with Crippen molar-refractivity contribution >= 4 is 15.7 Å². The summed E-state index contributed by atoms with van der Waals surface area (Å²) < 4.78 is 25.1. The van der Waals surface area contributed by atoms with Gasteiger partial charge in [-0.15, -0.1) is 0 Å². The first-order valence-electron chi connectivity index (χ1n) is 6.22. The molecule has 3 unspecified atom stereocenters. The minimum absolute atomic E-state index is 0.231. The zero-order valence-electron chi connectivity index (χ0n) is 10.6. The van der Waals surface area contributed by atoms with Crippen LogP contribution in [0.3, 0.4) is 0 Å². The molecule has 18 heavy (non-hydrogen) atoms. The predicted octanol–water partition coefficient (Wildman–Crippen LogP) is 1.16. The fourth-order valence-electron chi connectivity index (χ4n) is 3.48. The lowest BCUT2D eigenvalue weighted by Crippen LogP contribution is -2.22. The molecule has 0 radical (unpaired) electrons. The zero-order valence-corrected chi connectivity index (χ0v) is 11.4. The Kier molecular flexibility index (Phi) is 2.47. The number of piperidine rings is 1. The number of anilines is 1. The molecule has 5 heteroatoms. The van der Waals surface area contributed by atoms with Crippen LogP contribution in [0.1, 0.15) is 12.5 Å². The molecule has 3 atom stereocenters. The van der Waals surface area contributed by atoms with Crippen molar-refractivity contribution in [1.29, 1.82) is 0 Å². The van der Waals surface area contributed by atoms with Crippen LogP contribution in [0.4, 0.5) is 5.69 Å². The highest BCUT2D eigenvalue weighted by atomic mass is 32.2. The van der Waals surface area contributed by atoms with Crippen molar-refractivity contribution in [3.63, 3.8) is 0 Å². The van der Waals surface area contributed by atoms with Crippen LogP contribution in [0.15, 0.2) is 24.3 Å². The Hall–Kier alpha value is -1.07. The van der Waals surface area contributed by atoms with E-state index in [0.717, 1.165) is 13.1 Å². The Morgan fingerprint density at radius 3 is 2.83 bits per heavy atom. The van der Waals surface area contributed by atoms with Gasteiger partial charge in [0.05, 0.1) is 6.26 Å². The summed E-state index contributed by atoms with van der Waals surface area (Å²) >= 11 is 0. The van der Waals surface area contributed by atoms with Gasteiger partial charge in [0.25, 0.3) is 0 Å². The molecule has 3 rings (SSSR count). The Morgan fingerprint density at radius 2 is 2.22 bits per heavy atom. The molecule has 98 valence electrons. The van der Waals surface area contributed by atoms with Gasteiger partial charge >= 0.3 is 0 Å². The van der Waals surface area contributed by atoms with Crippen LogP contribution in [0, 0.1) is 11.8 Å². The molecule has 1 aromatic carbocycles. The first kappa shape index (κ1) is 12.0. The van der Waals surface area contributed by atoms with Gasteiger partial charge in [0.15, 0.2) is 0 Å². The van der Waals surface area contributed by atoms with Crippen molar-refractivity contribution in [2.45, 2.75) is 12.3 Å². The van der Waals surface area contributed by atoms with Crippen LogP contribution in [-0.2, 0) is 15.4 Å². The van der Waals surface area contributed by atoms with Crippen molar-refractivity contribution in [3.8, 4) is 0 Å². The van der Waals surface area contributed by atoms with Gasteiger partial charge < -0.3 is 5.32 Å². The average molecular weight is 266 g/mol. The average Bonchev–Trinajstić information content (AvgIpc) is 2.70. The fourth-order valence-corrected chi connectivity index (χ4v) is 4.03. The third-order valence-electron chi connectivity index (χ3n) is 4.45. The van der Waals surface area contributed by atoms with Gasteiger partial charge in [0, 0.05) is 17.6 Å². The molecule has 1 aliphatic carbocycles. The molecular weight excluding hydrogens is 248 g/mol. The number of fused-ring (bicyclic) bond motifs is 1. The molecule has 2 aliphatic rings. The zero-order chi connectivity index (χ0) is 13.0. The van der Waals surface area contributed by atoms with E-state index in [2.05, 4.69) is 23.0 Å². The second kappa shape index (κ2) is 3.71. The first-order chi connectivity index (χ1) is 8.43. The van der Waals surface area contributed by atoms with Gasteiger partial charge in [-0.3, -0.25) is 4.72 Å². The first-order valence-corrected chi connectivity index (χ1v) is 8.12. The topological polar surface area (TPSA) is 58.2 Å². The normalized spacial score (nSPS) is 34.1. The highest BCUT2D eigenvalue weighted by Gasteiger charge is 2.64. The number of benzene rings is 1. The number of hydrogen-bond acceptors (Lipinski definition) is 3. The molecule has 2 N–H and O–H groups in total. The maximum Gasteiger partial charge on any atom is 0.229 e. The van der Waals surface area contributed by atoms with E-state index in [1.165, 1.54) is 11.8 Å². The van der Waals surface area contributed by atoms with Crippen LogP contribution in [0.5, 0.6) is 0 Å². The molecule has 1 aromatic rings. The van der Waals surface area contributed by atoms with Crippen molar-refractivity contribution < 1.29 is 8.42 Å². The molecule has 1 heterocycles. The Bertz CT molecular complexity index is 584. The lowest BCUT2D eigenvalue weighted by molar-refractivity contribution is 0.591. The van der Waals surface area contributed by atoms with E-state index in [1.54, 1.807) is 6.07 Å². The van der Waals surface area contributed by atoms with Crippen molar-refractivity contribution in [1.82, 2.24) is 5.32 Å². The monoisotopic (exact) mass is 266 g/mol. The predicted molar refractivity (Wildman–Crippen MR) is 72.1 cm³/mol. The smallest absolute Gasteiger partial charge is 0.229 e. The molecule has 1 saturated carbocycles. The van der Waals surface area contributed by atoms with Crippen molar-refractivity contribution in [3.05, 3.63) is 29.8 Å². The Morgan fingerprint density at radius 1 is 1.44 bits per heavy atom. The maximum atomic E-state index is 11.3. The molecule has 0 aromatic heterocycles. The second-order valence-electron chi connectivity index (χ2n) is 5.52. The molecule has 1 aliphatic heterocycles. The largest absolute Gasteiger partial charge is 0.316 e. The number of nitrogens with one attached hydrogen (secondary N) is 2. The highest BCUT2D eigenvalue weighted by molar-refractivity contribution is 7.92. The summed E-state index contributed by atoms with van der Waals surface area (Å²) in [5.41, 5.74) is 2.14. The summed E-state index contributed by atoms with van der Waals surface area (Å²) in [5.74, 6) is 1.39. The third kappa shape index (κ3) is 1.73. The van der Waals surface area contributed by atoms with Crippen molar-refractivity contribution in [2.75, 3.05) is 24.1 Å². The second-order valence-corrected chi connectivity index (χ2v) is 7.27. The van der Waals surface area contributed by atoms with Crippen LogP contribution in [-0.4, -0.2) is 27.8 Å². The summed E-state index contributed by atoms with van der Waals surface area (Å²) in [7, 11) is -3.20. The van der Waals surface area contributed by atoms with E-state index in [0.29, 0.717) is 17.5 Å². The summed E-state index contributed by atoms with van der Waals surface area (Å²) in [6.07, 6.45) is 1.18. The summed E-state index contributed by atoms with van der Waals surface area (Å²) in [6, 6.07) is 7.81. The molecule has 2 fully saturated rings. The third-order valence-corrected chi connectivity index (χ3v) is 5.06. The standard InChI is InChI=1S/C13H18N2O2S/c1-9-12-7-14-8-13(9,12)10-4-3-5-11(6-10)15-18(2,16)17/h3-6,9,12,14-15H,7-8H2,1-2H3. The minimum atomic E-state index is -3.20. The molecule has 1 saturated heterocycles. The molecule has 0 bridgehead atoms. The van der Waals surface area contributed by atoms with E-state index in [-0.39, 0.29) is 5.41 Å². The highest BCUT2D eigenvalue weighted by Crippen LogP contribution is 2.61. The van der Waals surface area contributed by atoms with Gasteiger partial charge in [-0.05, 0) is 36.1 Å². The van der Waals surface area contributed by atoms with Gasteiger partial charge in [-0.25, -0.2) is 8.42 Å². The van der Waals surface area contributed by atoms with Crippen LogP contribution >= 0.6 is 0 Å². The SMILES string of the molecule is CC1C2CNCC12c1cccc(NS(C)(=O)=O)c1. The summed E-state index contributed by atoms with van der Waals surface area (Å²) in [6.45, 7) is 4.36. The van der Waals surface area contributed by atoms with Gasteiger partial charge in [-0.2, -0.15) is 0 Å². The number of hydrogen-bond donors (Lipinski definition) is 2. The van der Waals surface area contributed by atoms with Crippen LogP contribution in [0.25, 0.3) is 0 Å². The van der Waals surface area contributed by atoms with E-state index in [1.807, 2.05) is 12.1 Å². The van der Waals surface area contributed by atoms with Gasteiger partial charge in [0.2, 0.25) is 10.0 Å². The number of sulfonamides is 1. The van der Waals surface area contributed by atoms with E-state index < -0.39 is 10.0 Å². The van der Waals surface area contributed by atoms with Crippen molar-refractivity contribution in [2.24, 2.45) is 11.8 Å². The molecular formula is C13H18N2O2S. The quantitative estimate of drug-likeness (QED) is 0.863. The molecule has 0 spiro atoms. The molecule has 4 nitrogen and oxygen atoms in total. The Labute approximate surface area is 108 Å². The number of rotatable bonds is 3. The lowest BCUT2D eigenvalue weighted by atomic mass is 9.93. The minimum Gasteiger partial charge on any atom is -0.316 e.